The third-order valence-corrected chi connectivity index (χ3v) is 3.17. The third-order valence-electron chi connectivity index (χ3n) is 2.89. The van der Waals surface area contributed by atoms with Gasteiger partial charge in [-0.05, 0) is 19.4 Å². The molecule has 1 amide bonds. The molecular formula is C14H18ClN5O. The molecular weight excluding hydrogens is 290 g/mol. The van der Waals surface area contributed by atoms with Crippen LogP contribution in [0.3, 0.4) is 0 Å². The van der Waals surface area contributed by atoms with Crippen molar-refractivity contribution in [1.82, 2.24) is 19.9 Å². The first-order valence-electron chi connectivity index (χ1n) is 6.84. The molecule has 0 saturated heterocycles. The highest BCUT2D eigenvalue weighted by atomic mass is 35.5. The molecule has 0 spiro atoms. The maximum atomic E-state index is 12.0. The number of aryl methyl sites for hydroxylation is 1. The number of carbonyl (C=O) groups excluding carboxylic acids is 1. The van der Waals surface area contributed by atoms with Gasteiger partial charge in [-0.3, -0.25) is 4.79 Å². The monoisotopic (exact) mass is 307 g/mol. The van der Waals surface area contributed by atoms with Crippen LogP contribution in [0.4, 0.5) is 5.82 Å². The van der Waals surface area contributed by atoms with Crippen LogP contribution < -0.4 is 10.6 Å². The lowest BCUT2D eigenvalue weighted by Crippen LogP contribution is -2.25. The second kappa shape index (κ2) is 7.64. The summed E-state index contributed by atoms with van der Waals surface area (Å²) in [6.45, 7) is 4.09. The van der Waals surface area contributed by atoms with E-state index >= 15 is 0 Å². The van der Waals surface area contributed by atoms with E-state index in [9.17, 15) is 4.79 Å². The number of anilines is 1. The fraction of sp³-hybridized carbons (Fsp3) is 0.357. The van der Waals surface area contributed by atoms with Crippen LogP contribution in [0.5, 0.6) is 0 Å². The summed E-state index contributed by atoms with van der Waals surface area (Å²) in [4.78, 5) is 20.1. The number of rotatable bonds is 7. The summed E-state index contributed by atoms with van der Waals surface area (Å²) in [5, 5.41) is 6.32. The Morgan fingerprint density at radius 2 is 2.33 bits per heavy atom. The van der Waals surface area contributed by atoms with E-state index in [1.54, 1.807) is 18.6 Å². The second-order valence-electron chi connectivity index (χ2n) is 4.49. The fourth-order valence-corrected chi connectivity index (χ4v) is 2.08. The summed E-state index contributed by atoms with van der Waals surface area (Å²) >= 11 is 6.07. The van der Waals surface area contributed by atoms with Gasteiger partial charge >= 0.3 is 0 Å². The zero-order chi connectivity index (χ0) is 15.1. The van der Waals surface area contributed by atoms with E-state index < -0.39 is 0 Å². The molecule has 0 aromatic carbocycles. The average molecular weight is 308 g/mol. The largest absolute Gasteiger partial charge is 0.369 e. The molecule has 0 unspecified atom stereocenters. The van der Waals surface area contributed by atoms with Gasteiger partial charge < -0.3 is 15.2 Å². The Morgan fingerprint density at radius 3 is 3.00 bits per heavy atom. The standard InChI is InChI=1S/C14H18ClN5O/c1-2-17-13-12(15)8-11(9-19-13)14(21)18-4-3-6-20-7-5-16-10-20/h5,7-10H,2-4,6H2,1H3,(H,17,19)(H,18,21). The van der Waals surface area contributed by atoms with Gasteiger partial charge in [-0.2, -0.15) is 0 Å². The molecule has 7 heteroatoms. The van der Waals surface area contributed by atoms with Crippen molar-refractivity contribution >= 4 is 23.3 Å². The molecule has 112 valence electrons. The highest BCUT2D eigenvalue weighted by molar-refractivity contribution is 6.33. The number of nitrogens with one attached hydrogen (secondary N) is 2. The topological polar surface area (TPSA) is 71.8 Å². The Balaban J connectivity index is 1.81. The predicted molar refractivity (Wildman–Crippen MR) is 82.6 cm³/mol. The molecule has 0 atom stereocenters. The lowest BCUT2D eigenvalue weighted by molar-refractivity contribution is 0.0952. The number of amides is 1. The number of hydrogen-bond donors (Lipinski definition) is 2. The Bertz CT molecular complexity index is 585. The van der Waals surface area contributed by atoms with Gasteiger partial charge in [0, 0.05) is 38.2 Å². The number of carbonyl (C=O) groups is 1. The van der Waals surface area contributed by atoms with Crippen molar-refractivity contribution in [3.63, 3.8) is 0 Å². The average Bonchev–Trinajstić information content (AvgIpc) is 2.99. The first kappa shape index (κ1) is 15.3. The summed E-state index contributed by atoms with van der Waals surface area (Å²) in [6.07, 6.45) is 7.74. The Labute approximate surface area is 128 Å². The molecule has 0 aliphatic heterocycles. The van der Waals surface area contributed by atoms with Gasteiger partial charge in [0.05, 0.1) is 16.9 Å². The minimum absolute atomic E-state index is 0.168. The molecule has 0 fully saturated rings. The first-order chi connectivity index (χ1) is 10.2. The van der Waals surface area contributed by atoms with Crippen molar-refractivity contribution in [2.75, 3.05) is 18.4 Å². The number of aromatic nitrogens is 3. The van der Waals surface area contributed by atoms with Crippen molar-refractivity contribution in [2.24, 2.45) is 0 Å². The van der Waals surface area contributed by atoms with E-state index in [0.29, 0.717) is 22.9 Å². The highest BCUT2D eigenvalue weighted by Gasteiger charge is 2.09. The van der Waals surface area contributed by atoms with Crippen LogP contribution in [0.15, 0.2) is 31.0 Å². The Hall–Kier alpha value is -2.08. The van der Waals surface area contributed by atoms with Gasteiger partial charge in [0.15, 0.2) is 0 Å². The smallest absolute Gasteiger partial charge is 0.252 e. The van der Waals surface area contributed by atoms with E-state index in [1.165, 1.54) is 6.20 Å². The van der Waals surface area contributed by atoms with Crippen molar-refractivity contribution in [2.45, 2.75) is 19.9 Å². The maximum Gasteiger partial charge on any atom is 0.252 e. The van der Waals surface area contributed by atoms with Gasteiger partial charge in [-0.25, -0.2) is 9.97 Å². The van der Waals surface area contributed by atoms with Gasteiger partial charge in [0.2, 0.25) is 0 Å². The lowest BCUT2D eigenvalue weighted by Gasteiger charge is -2.08. The van der Waals surface area contributed by atoms with Crippen molar-refractivity contribution < 1.29 is 4.79 Å². The van der Waals surface area contributed by atoms with Crippen molar-refractivity contribution in [3.8, 4) is 0 Å². The minimum atomic E-state index is -0.168. The summed E-state index contributed by atoms with van der Waals surface area (Å²) in [6, 6.07) is 1.62. The van der Waals surface area contributed by atoms with E-state index in [2.05, 4.69) is 20.6 Å². The van der Waals surface area contributed by atoms with E-state index in [-0.39, 0.29) is 5.91 Å². The number of imidazole rings is 1. The zero-order valence-corrected chi connectivity index (χ0v) is 12.6. The second-order valence-corrected chi connectivity index (χ2v) is 4.90. The van der Waals surface area contributed by atoms with Crippen LogP contribution in [-0.4, -0.2) is 33.5 Å². The predicted octanol–water partition coefficient (Wildman–Crippen LogP) is 2.18. The molecule has 0 bridgehead atoms. The van der Waals surface area contributed by atoms with Crippen LogP contribution >= 0.6 is 11.6 Å². The summed E-state index contributed by atoms with van der Waals surface area (Å²) < 4.78 is 1.97. The third kappa shape index (κ3) is 4.46. The summed E-state index contributed by atoms with van der Waals surface area (Å²) in [5.74, 6) is 0.425. The Morgan fingerprint density at radius 1 is 1.48 bits per heavy atom. The molecule has 2 heterocycles. The van der Waals surface area contributed by atoms with Gasteiger partial charge in [-0.15, -0.1) is 0 Å². The van der Waals surface area contributed by atoms with Crippen LogP contribution in [-0.2, 0) is 6.54 Å². The van der Waals surface area contributed by atoms with Gasteiger partial charge in [0.25, 0.3) is 5.91 Å². The van der Waals surface area contributed by atoms with Crippen LogP contribution in [0.25, 0.3) is 0 Å². The normalized spacial score (nSPS) is 10.4. The van der Waals surface area contributed by atoms with Gasteiger partial charge in [-0.1, -0.05) is 11.6 Å². The molecule has 0 aliphatic carbocycles. The van der Waals surface area contributed by atoms with Crippen molar-refractivity contribution in [1.29, 1.82) is 0 Å². The summed E-state index contributed by atoms with van der Waals surface area (Å²) in [7, 11) is 0. The number of hydrogen-bond acceptors (Lipinski definition) is 4. The number of halogens is 1. The van der Waals surface area contributed by atoms with E-state index in [0.717, 1.165) is 19.5 Å². The molecule has 0 saturated carbocycles. The van der Waals surface area contributed by atoms with Crippen LogP contribution in [0.2, 0.25) is 5.02 Å². The highest BCUT2D eigenvalue weighted by Crippen LogP contribution is 2.19. The molecule has 2 N–H and O–H groups in total. The molecule has 2 aromatic rings. The maximum absolute atomic E-state index is 12.0. The SMILES string of the molecule is CCNc1ncc(C(=O)NCCCn2ccnc2)cc1Cl. The quantitative estimate of drug-likeness (QED) is 0.769. The summed E-state index contributed by atoms with van der Waals surface area (Å²) in [5.41, 5.74) is 0.462. The number of nitrogens with zero attached hydrogens (tertiary/aromatic N) is 3. The zero-order valence-electron chi connectivity index (χ0n) is 11.8. The molecule has 0 aliphatic rings. The molecule has 6 nitrogen and oxygen atoms in total. The Kier molecular flexibility index (Phi) is 5.57. The van der Waals surface area contributed by atoms with Crippen LogP contribution in [0.1, 0.15) is 23.7 Å². The number of pyridine rings is 1. The van der Waals surface area contributed by atoms with E-state index in [1.807, 2.05) is 17.7 Å². The molecule has 21 heavy (non-hydrogen) atoms. The molecule has 0 radical (unpaired) electrons. The molecule has 2 aromatic heterocycles. The minimum Gasteiger partial charge on any atom is -0.369 e. The van der Waals surface area contributed by atoms with Crippen LogP contribution in [0, 0.1) is 0 Å². The fourth-order valence-electron chi connectivity index (χ4n) is 1.84. The van der Waals surface area contributed by atoms with Crippen molar-refractivity contribution in [3.05, 3.63) is 41.6 Å². The first-order valence-corrected chi connectivity index (χ1v) is 7.22. The lowest BCUT2D eigenvalue weighted by atomic mass is 10.2. The van der Waals surface area contributed by atoms with Gasteiger partial charge in [0.1, 0.15) is 5.82 Å². The molecule has 2 rings (SSSR count). The van der Waals surface area contributed by atoms with E-state index in [4.69, 9.17) is 11.6 Å².